The van der Waals surface area contributed by atoms with Gasteiger partial charge in [-0.15, -0.1) is 0 Å². The molecule has 2 heterocycles. The van der Waals surface area contributed by atoms with Crippen molar-refractivity contribution < 1.29 is 0 Å². The van der Waals surface area contributed by atoms with Crippen LogP contribution in [0.5, 0.6) is 0 Å². The molecule has 4 nitrogen and oxygen atoms in total. The molecule has 0 unspecified atom stereocenters. The average Bonchev–Trinajstić information content (AvgIpc) is 3.48. The Hall–Kier alpha value is -3.47. The summed E-state index contributed by atoms with van der Waals surface area (Å²) in [5.74, 6) is 0.411. The summed E-state index contributed by atoms with van der Waals surface area (Å²) in [5, 5.41) is 3.63. The number of benzene rings is 3. The van der Waals surface area contributed by atoms with Gasteiger partial charge >= 0.3 is 0 Å². The van der Waals surface area contributed by atoms with Crippen LogP contribution in [0.25, 0.3) is 6.08 Å². The Kier molecular flexibility index (Phi) is 8.98. The number of rotatable bonds is 11. The van der Waals surface area contributed by atoms with E-state index in [4.69, 9.17) is 0 Å². The molecule has 0 radical (unpaired) electrons. The van der Waals surface area contributed by atoms with Crippen molar-refractivity contribution in [3.63, 3.8) is 0 Å². The number of hydrogen-bond donors (Lipinski definition) is 1. The van der Waals surface area contributed by atoms with E-state index in [9.17, 15) is 0 Å². The summed E-state index contributed by atoms with van der Waals surface area (Å²) in [6.45, 7) is 6.23. The van der Waals surface area contributed by atoms with Crippen molar-refractivity contribution in [2.45, 2.75) is 38.3 Å². The molecule has 1 aromatic heterocycles. The number of imidazole rings is 1. The van der Waals surface area contributed by atoms with Gasteiger partial charge in [0.1, 0.15) is 0 Å². The molecule has 1 aliphatic heterocycles. The fourth-order valence-electron chi connectivity index (χ4n) is 5.28. The normalized spacial score (nSPS) is 14.2. The van der Waals surface area contributed by atoms with Crippen molar-refractivity contribution in [3.05, 3.63) is 131 Å². The number of aryl methyl sites for hydroxylation is 1. The van der Waals surface area contributed by atoms with Gasteiger partial charge in [0, 0.05) is 51.0 Å². The molecular formula is C33H38N4. The number of hydrogen-bond acceptors (Lipinski definition) is 3. The second-order valence-electron chi connectivity index (χ2n) is 10.0. The van der Waals surface area contributed by atoms with Crippen LogP contribution < -0.4 is 5.32 Å². The quantitative estimate of drug-likeness (QED) is 0.248. The van der Waals surface area contributed by atoms with Gasteiger partial charge in [-0.2, -0.15) is 0 Å². The van der Waals surface area contributed by atoms with E-state index in [1.54, 1.807) is 5.57 Å². The second-order valence-corrected chi connectivity index (χ2v) is 10.0. The molecule has 0 atom stereocenters. The largest absolute Gasteiger partial charge is 0.337 e. The fraction of sp³-hybridized carbons (Fsp3) is 0.303. The summed E-state index contributed by atoms with van der Waals surface area (Å²) in [4.78, 5) is 6.76. The van der Waals surface area contributed by atoms with E-state index in [1.807, 2.05) is 18.7 Å². The molecular weight excluding hydrogens is 452 g/mol. The van der Waals surface area contributed by atoms with E-state index in [1.165, 1.54) is 22.3 Å². The zero-order valence-electron chi connectivity index (χ0n) is 21.7. The van der Waals surface area contributed by atoms with Crippen LogP contribution in [-0.4, -0.2) is 40.6 Å². The van der Waals surface area contributed by atoms with Crippen molar-refractivity contribution in [3.8, 4) is 0 Å². The van der Waals surface area contributed by atoms with E-state index < -0.39 is 0 Å². The van der Waals surface area contributed by atoms with Crippen molar-refractivity contribution in [2.75, 3.05) is 26.2 Å². The summed E-state index contributed by atoms with van der Waals surface area (Å²) in [5.41, 5.74) is 7.12. The van der Waals surface area contributed by atoms with E-state index in [2.05, 4.69) is 111 Å². The molecule has 1 saturated heterocycles. The lowest BCUT2D eigenvalue weighted by molar-refractivity contribution is 0.249. The van der Waals surface area contributed by atoms with Crippen LogP contribution in [0.3, 0.4) is 0 Å². The summed E-state index contributed by atoms with van der Waals surface area (Å²) < 4.78 is 2.13. The summed E-state index contributed by atoms with van der Waals surface area (Å²) in [6, 6.07) is 30.8. The van der Waals surface area contributed by atoms with Crippen molar-refractivity contribution >= 4 is 6.08 Å². The molecule has 4 heteroatoms. The maximum absolute atomic E-state index is 4.12. The Morgan fingerprint density at radius 1 is 0.838 bits per heavy atom. The molecule has 1 N–H and O–H groups in total. The van der Waals surface area contributed by atoms with Gasteiger partial charge < -0.3 is 14.8 Å². The maximum atomic E-state index is 4.12. The van der Waals surface area contributed by atoms with Gasteiger partial charge in [0.2, 0.25) is 0 Å². The molecule has 0 saturated carbocycles. The molecule has 37 heavy (non-hydrogen) atoms. The van der Waals surface area contributed by atoms with Crippen LogP contribution in [-0.2, 0) is 13.1 Å². The van der Waals surface area contributed by atoms with Crippen LogP contribution in [0, 0.1) is 0 Å². The monoisotopic (exact) mass is 490 g/mol. The molecule has 0 bridgehead atoms. The first-order chi connectivity index (χ1) is 18.3. The van der Waals surface area contributed by atoms with Gasteiger partial charge in [-0.1, -0.05) is 96.6 Å². The van der Waals surface area contributed by atoms with Crippen molar-refractivity contribution in [1.82, 2.24) is 19.8 Å². The van der Waals surface area contributed by atoms with Crippen LogP contribution in [0.4, 0.5) is 0 Å². The third kappa shape index (κ3) is 7.28. The predicted molar refractivity (Wildman–Crippen MR) is 153 cm³/mol. The first-order valence-corrected chi connectivity index (χ1v) is 13.6. The Morgan fingerprint density at radius 2 is 1.51 bits per heavy atom. The molecule has 0 aliphatic carbocycles. The zero-order valence-corrected chi connectivity index (χ0v) is 21.7. The van der Waals surface area contributed by atoms with Crippen LogP contribution in [0.15, 0.2) is 109 Å². The van der Waals surface area contributed by atoms with Crippen LogP contribution in [0.1, 0.15) is 47.4 Å². The highest BCUT2D eigenvalue weighted by atomic mass is 15.1. The second kappa shape index (κ2) is 13.2. The van der Waals surface area contributed by atoms with Gasteiger partial charge in [-0.25, -0.2) is 4.98 Å². The molecule has 0 amide bonds. The van der Waals surface area contributed by atoms with Gasteiger partial charge in [0.25, 0.3) is 0 Å². The van der Waals surface area contributed by atoms with Crippen molar-refractivity contribution in [1.29, 1.82) is 0 Å². The van der Waals surface area contributed by atoms with E-state index in [0.29, 0.717) is 5.92 Å². The Morgan fingerprint density at radius 3 is 2.19 bits per heavy atom. The Bertz CT molecular complexity index is 1180. The molecule has 0 spiro atoms. The minimum absolute atomic E-state index is 0.411. The number of aromatic nitrogens is 2. The van der Waals surface area contributed by atoms with E-state index in [0.717, 1.165) is 58.5 Å². The van der Waals surface area contributed by atoms with Crippen LogP contribution >= 0.6 is 0 Å². The smallest absolute Gasteiger partial charge is 0.0945 e. The summed E-state index contributed by atoms with van der Waals surface area (Å²) in [6.07, 6.45) is 11.6. The van der Waals surface area contributed by atoms with Crippen molar-refractivity contribution in [2.24, 2.45) is 0 Å². The topological polar surface area (TPSA) is 33.1 Å². The number of nitrogens with zero attached hydrogens (tertiary/aromatic N) is 3. The molecule has 5 rings (SSSR count). The lowest BCUT2D eigenvalue weighted by Crippen LogP contribution is -2.34. The highest BCUT2D eigenvalue weighted by Gasteiger charge is 2.21. The Labute approximate surface area is 221 Å². The zero-order chi connectivity index (χ0) is 25.1. The summed E-state index contributed by atoms with van der Waals surface area (Å²) in [7, 11) is 0. The van der Waals surface area contributed by atoms with E-state index >= 15 is 0 Å². The first kappa shape index (κ1) is 25.2. The Balaban J connectivity index is 1.16. The van der Waals surface area contributed by atoms with Gasteiger partial charge in [0.05, 0.1) is 6.33 Å². The summed E-state index contributed by atoms with van der Waals surface area (Å²) >= 11 is 0. The lowest BCUT2D eigenvalue weighted by atomic mass is 9.90. The lowest BCUT2D eigenvalue weighted by Gasteiger charge is -2.32. The molecule has 3 aromatic carbocycles. The van der Waals surface area contributed by atoms with Gasteiger partial charge in [-0.05, 0) is 48.1 Å². The molecule has 190 valence electrons. The third-order valence-electron chi connectivity index (χ3n) is 7.40. The number of piperidine rings is 1. The number of nitrogens with one attached hydrogen (secondary N) is 1. The minimum Gasteiger partial charge on any atom is -0.337 e. The molecule has 1 fully saturated rings. The highest BCUT2D eigenvalue weighted by molar-refractivity contribution is 5.57. The van der Waals surface area contributed by atoms with E-state index in [-0.39, 0.29) is 0 Å². The molecule has 4 aromatic rings. The average molecular weight is 491 g/mol. The minimum atomic E-state index is 0.411. The highest BCUT2D eigenvalue weighted by Crippen LogP contribution is 2.28. The van der Waals surface area contributed by atoms with Gasteiger partial charge in [-0.3, -0.25) is 0 Å². The first-order valence-electron chi connectivity index (χ1n) is 13.6. The van der Waals surface area contributed by atoms with Gasteiger partial charge in [0.15, 0.2) is 0 Å². The standard InChI is InChI=1S/C33H38N4/c1-3-10-29(11-4-1)33(30-12-5-2-6-13-30)26-36-21-16-28(17-22-36)24-31-14-7-8-15-32(31)25-34-18-9-20-37-23-19-35-27-37/h1-8,10-15,19,23-24,27,33-34H,9,16-18,20-22,25-26H2. The fourth-order valence-corrected chi connectivity index (χ4v) is 5.28. The predicted octanol–water partition coefficient (Wildman–Crippen LogP) is 6.37. The van der Waals surface area contributed by atoms with Crippen LogP contribution in [0.2, 0.25) is 0 Å². The SMILES string of the molecule is C(=C1CCN(CC(c2ccccc2)c2ccccc2)CC1)c1ccccc1CNCCCn1ccnc1. The molecule has 1 aliphatic rings. The number of likely N-dealkylation sites (tertiary alicyclic amines) is 1. The third-order valence-corrected chi connectivity index (χ3v) is 7.40. The maximum Gasteiger partial charge on any atom is 0.0945 e.